The number of nitrogens with one attached hydrogen (secondary N) is 5. The molecule has 1 atom stereocenters. The monoisotopic (exact) mass is 724 g/mol. The Hall–Kier alpha value is -4.59. The van der Waals surface area contributed by atoms with E-state index in [1.54, 1.807) is 18.4 Å². The average molecular weight is 725 g/mol. The molecule has 6 heterocycles. The molecule has 0 aromatic heterocycles. The summed E-state index contributed by atoms with van der Waals surface area (Å²) in [5, 5.41) is 14.2. The Balaban J connectivity index is 0.00000101. The summed E-state index contributed by atoms with van der Waals surface area (Å²) in [6.07, 6.45) is 10.4. The Labute approximate surface area is 311 Å². The quantitative estimate of drug-likeness (QED) is 0.255. The van der Waals surface area contributed by atoms with E-state index in [2.05, 4.69) is 42.6 Å². The lowest BCUT2D eigenvalue weighted by Gasteiger charge is -2.44. The summed E-state index contributed by atoms with van der Waals surface area (Å²) < 4.78 is 25.0. The highest BCUT2D eigenvalue weighted by Crippen LogP contribution is 2.28. The molecule has 12 nitrogen and oxygen atoms in total. The van der Waals surface area contributed by atoms with Gasteiger partial charge >= 0.3 is 0 Å². The van der Waals surface area contributed by atoms with E-state index in [9.17, 15) is 14.0 Å². The molecule has 13 heteroatoms. The fourth-order valence-corrected chi connectivity index (χ4v) is 5.84. The third kappa shape index (κ3) is 10.5. The predicted octanol–water partition coefficient (Wildman–Crippen LogP) is 4.62. The number of anilines is 1. The Kier molecular flexibility index (Phi) is 17.5. The molecule has 288 valence electrons. The van der Waals surface area contributed by atoms with Crippen LogP contribution in [0.5, 0.6) is 0 Å². The van der Waals surface area contributed by atoms with Gasteiger partial charge < -0.3 is 35.6 Å². The van der Waals surface area contributed by atoms with E-state index in [1.807, 2.05) is 61.5 Å². The topological polar surface area (TPSA) is 122 Å². The van der Waals surface area contributed by atoms with Crippen molar-refractivity contribution in [1.82, 2.24) is 36.5 Å². The van der Waals surface area contributed by atoms with Crippen molar-refractivity contribution in [2.45, 2.75) is 67.6 Å². The zero-order chi connectivity index (χ0) is 38.0. The van der Waals surface area contributed by atoms with Crippen LogP contribution in [-0.4, -0.2) is 92.8 Å². The van der Waals surface area contributed by atoms with Gasteiger partial charge in [0.15, 0.2) is 0 Å². The van der Waals surface area contributed by atoms with Gasteiger partial charge in [-0.15, -0.1) is 0 Å². The summed E-state index contributed by atoms with van der Waals surface area (Å²) in [6.45, 7) is 23.3. The highest BCUT2D eigenvalue weighted by Gasteiger charge is 2.32. The van der Waals surface area contributed by atoms with E-state index >= 15 is 0 Å². The highest BCUT2D eigenvalue weighted by atomic mass is 19.1. The molecule has 0 aliphatic carbocycles. The number of rotatable bonds is 7. The van der Waals surface area contributed by atoms with Crippen LogP contribution in [0.25, 0.3) is 0 Å². The number of amides is 2. The van der Waals surface area contributed by atoms with Crippen molar-refractivity contribution in [3.63, 3.8) is 0 Å². The summed E-state index contributed by atoms with van der Waals surface area (Å²) in [4.78, 5) is 30.9. The van der Waals surface area contributed by atoms with Crippen LogP contribution in [0.2, 0.25) is 0 Å². The van der Waals surface area contributed by atoms with E-state index in [4.69, 9.17) is 9.47 Å². The average Bonchev–Trinajstić information content (AvgIpc) is 3.19. The molecule has 2 fully saturated rings. The zero-order valence-corrected chi connectivity index (χ0v) is 32.1. The first-order valence-corrected chi connectivity index (χ1v) is 18.9. The number of allylic oxidation sites excluding steroid dienone is 2. The second-order valence-electron chi connectivity index (χ2n) is 11.2. The van der Waals surface area contributed by atoms with Crippen LogP contribution in [0.1, 0.15) is 56.8 Å². The number of ether oxygens (including phenoxy) is 2. The van der Waals surface area contributed by atoms with Gasteiger partial charge in [-0.3, -0.25) is 14.5 Å². The van der Waals surface area contributed by atoms with Crippen molar-refractivity contribution in [2.75, 3.05) is 64.0 Å². The first-order chi connectivity index (χ1) is 25.5. The number of carbonyl (C=O) groups is 2. The third-order valence-corrected chi connectivity index (χ3v) is 8.40. The van der Waals surface area contributed by atoms with Crippen molar-refractivity contribution in [3.8, 4) is 0 Å². The third-order valence-electron chi connectivity index (χ3n) is 8.40. The first kappa shape index (κ1) is 41.8. The van der Waals surface area contributed by atoms with Crippen molar-refractivity contribution < 1.29 is 24.9 Å². The molecule has 5 N–H and O–H groups in total. The molecule has 2 amide bonds. The summed E-state index contributed by atoms with van der Waals surface area (Å²) >= 11 is 0. The standard InChI is InChI=1S/C31H35FN8O4.4C2H6.H2/c32-20-1-3-21(4-2-20)40-31(42)24(7-10-36-40)30(41)37-28-6-5-23(16-34-28)44-27-8-9-33-26-17-35-29(15-25(26)27)39-13-11-38(12-14-39)22-18-43-19-22;4*1-2;/h1-8,15-16,22,28,33-36H,9-14,17-19H2,(H,37,41);4*1-2H3;1H. The second-order valence-corrected chi connectivity index (χ2v) is 11.2. The molecule has 1 aromatic carbocycles. The van der Waals surface area contributed by atoms with Crippen molar-refractivity contribution >= 4 is 17.5 Å². The lowest BCUT2D eigenvalue weighted by Crippen LogP contribution is -2.57. The molecule has 0 spiro atoms. The molecule has 2 saturated heterocycles. The maximum atomic E-state index is 13.3. The molecule has 0 radical (unpaired) electrons. The minimum absolute atomic E-state index is 0. The van der Waals surface area contributed by atoms with E-state index in [0.717, 1.165) is 62.2 Å². The number of hydrogen-bond acceptors (Lipinski definition) is 10. The molecular formula is C39H61FN8O4. The SMILES string of the molecule is CC.CC.CC.CC.O=C(NC1C=CC(OC2=CCNC3=C2C=C(N2CCN(C4COC4)CC2)NC3)=CN1)C1=CCNN(c2ccc(F)cc2)C1=O.[HH]. The first-order valence-electron chi connectivity index (χ1n) is 18.9. The van der Waals surface area contributed by atoms with Crippen LogP contribution in [0.4, 0.5) is 10.1 Å². The second kappa shape index (κ2) is 21.7. The van der Waals surface area contributed by atoms with Crippen molar-refractivity contribution in [2.24, 2.45) is 0 Å². The van der Waals surface area contributed by atoms with Gasteiger partial charge in [0.2, 0.25) is 0 Å². The number of halogens is 1. The summed E-state index contributed by atoms with van der Waals surface area (Å²) in [6, 6.07) is 6.03. The molecule has 1 unspecified atom stereocenters. The molecule has 0 bridgehead atoms. The lowest BCUT2D eigenvalue weighted by molar-refractivity contribution is -0.123. The van der Waals surface area contributed by atoms with E-state index < -0.39 is 23.8 Å². The van der Waals surface area contributed by atoms with E-state index in [1.165, 1.54) is 35.4 Å². The molecule has 7 rings (SSSR count). The lowest BCUT2D eigenvalue weighted by atomic mass is 10.0. The van der Waals surface area contributed by atoms with Crippen LogP contribution >= 0.6 is 0 Å². The number of dihydropyridines is 3. The van der Waals surface area contributed by atoms with Gasteiger partial charge in [-0.25, -0.2) is 14.8 Å². The largest absolute Gasteiger partial charge is 0.455 e. The fraction of sp³-hybridized carbons (Fsp3) is 0.487. The van der Waals surface area contributed by atoms with Gasteiger partial charge in [0.05, 0.1) is 31.5 Å². The summed E-state index contributed by atoms with van der Waals surface area (Å²) in [7, 11) is 0. The van der Waals surface area contributed by atoms with Gasteiger partial charge in [-0.2, -0.15) is 0 Å². The van der Waals surface area contributed by atoms with Gasteiger partial charge in [-0.05, 0) is 48.6 Å². The maximum Gasteiger partial charge on any atom is 0.277 e. The molecule has 6 aliphatic rings. The van der Waals surface area contributed by atoms with Crippen LogP contribution in [-0.2, 0) is 19.1 Å². The Morgan fingerprint density at radius 1 is 0.942 bits per heavy atom. The number of carbonyl (C=O) groups excluding carboxylic acids is 2. The highest BCUT2D eigenvalue weighted by molar-refractivity contribution is 6.23. The normalized spacial score (nSPS) is 20.8. The molecule has 1 aromatic rings. The van der Waals surface area contributed by atoms with E-state index in [-0.39, 0.29) is 13.5 Å². The predicted molar refractivity (Wildman–Crippen MR) is 208 cm³/mol. The van der Waals surface area contributed by atoms with Crippen LogP contribution < -0.4 is 31.7 Å². The number of hydrazine groups is 1. The molecule has 6 aliphatic heterocycles. The fourth-order valence-electron chi connectivity index (χ4n) is 5.84. The van der Waals surface area contributed by atoms with Crippen LogP contribution in [0.3, 0.4) is 0 Å². The summed E-state index contributed by atoms with van der Waals surface area (Å²) in [5.74, 6) is 1.02. The molecule has 0 saturated carbocycles. The van der Waals surface area contributed by atoms with Crippen molar-refractivity contribution in [3.05, 3.63) is 101 Å². The van der Waals surface area contributed by atoms with Gasteiger partial charge in [0.1, 0.15) is 34.9 Å². The van der Waals surface area contributed by atoms with Gasteiger partial charge in [-0.1, -0.05) is 61.5 Å². The maximum absolute atomic E-state index is 13.3. The Bertz CT molecular complexity index is 1510. The van der Waals surface area contributed by atoms with Crippen molar-refractivity contribution in [1.29, 1.82) is 0 Å². The molecule has 52 heavy (non-hydrogen) atoms. The molecular weight excluding hydrogens is 663 g/mol. The minimum Gasteiger partial charge on any atom is -0.455 e. The Morgan fingerprint density at radius 3 is 2.25 bits per heavy atom. The number of hydrogen-bond donors (Lipinski definition) is 5. The Morgan fingerprint density at radius 2 is 1.63 bits per heavy atom. The number of nitrogens with zero attached hydrogens (tertiary/aromatic N) is 3. The van der Waals surface area contributed by atoms with Gasteiger partial charge in [0.25, 0.3) is 11.8 Å². The minimum atomic E-state index is -0.537. The smallest absolute Gasteiger partial charge is 0.277 e. The number of piperazine rings is 1. The zero-order valence-electron chi connectivity index (χ0n) is 32.1. The van der Waals surface area contributed by atoms with Crippen LogP contribution in [0, 0.1) is 5.82 Å². The summed E-state index contributed by atoms with van der Waals surface area (Å²) in [5.41, 5.74) is 5.46. The number of benzene rings is 1. The van der Waals surface area contributed by atoms with Gasteiger partial charge in [0, 0.05) is 58.2 Å². The van der Waals surface area contributed by atoms with Crippen LogP contribution in [0.15, 0.2) is 95.0 Å². The van der Waals surface area contributed by atoms with E-state index in [0.29, 0.717) is 30.6 Å².